The number of nitrogens with one attached hydrogen (secondary N) is 3. The van der Waals surface area contributed by atoms with Crippen LogP contribution >= 0.6 is 0 Å². The second-order valence-corrected chi connectivity index (χ2v) is 5.61. The summed E-state index contributed by atoms with van der Waals surface area (Å²) in [6.07, 6.45) is -1.16. The molecule has 0 saturated carbocycles. The molecule has 0 aliphatic carbocycles. The number of carboxylic acids is 2. The smallest absolute Gasteiger partial charge is 0.322 e. The lowest BCUT2D eigenvalue weighted by Gasteiger charge is -2.21. The lowest BCUT2D eigenvalue weighted by atomic mass is 10.1. The average molecular weight is 389 g/mol. The van der Waals surface area contributed by atoms with Gasteiger partial charge in [-0.25, -0.2) is 0 Å². The van der Waals surface area contributed by atoms with Crippen LogP contribution in [0.4, 0.5) is 0 Å². The number of primary amides is 1. The monoisotopic (exact) mass is 389 g/mol. The Balaban J connectivity index is 4.86. The molecule has 4 amide bonds. The third-order valence-corrected chi connectivity index (χ3v) is 3.21. The summed E-state index contributed by atoms with van der Waals surface area (Å²) in [5.74, 6) is -5.96. The summed E-state index contributed by atoms with van der Waals surface area (Å²) in [5.41, 5.74) is 10.5. The summed E-state index contributed by atoms with van der Waals surface area (Å²) in [4.78, 5) is 67.8. The molecule has 0 aliphatic heterocycles. The molecule has 9 N–H and O–H groups in total. The Morgan fingerprint density at radius 1 is 0.926 bits per heavy atom. The van der Waals surface area contributed by atoms with E-state index in [2.05, 4.69) is 10.6 Å². The SMILES string of the molecule is CC(NC(=O)C(CC(N)=O)NC(=O)C(N)CCC(=O)O)C(=O)NCC(=O)O. The molecular weight excluding hydrogens is 366 g/mol. The number of nitrogens with two attached hydrogens (primary N) is 2. The number of amides is 4. The molecule has 0 rings (SSSR count). The van der Waals surface area contributed by atoms with Crippen LogP contribution < -0.4 is 27.4 Å². The third kappa shape index (κ3) is 10.4. The van der Waals surface area contributed by atoms with Crippen LogP contribution in [-0.4, -0.2) is 70.5 Å². The predicted molar refractivity (Wildman–Crippen MR) is 88.8 cm³/mol. The normalized spacial score (nSPS) is 13.6. The van der Waals surface area contributed by atoms with Crippen LogP contribution in [-0.2, 0) is 28.8 Å². The van der Waals surface area contributed by atoms with Gasteiger partial charge in [0, 0.05) is 6.42 Å². The molecular formula is C14H23N5O8. The standard InChI is InChI=1S/C14H23N5O8/c1-6(12(25)17-5-11(23)24)18-14(27)8(4-9(16)20)19-13(26)7(15)2-3-10(21)22/h6-8H,2-5,15H2,1H3,(H2,16,20)(H,17,25)(H,18,27)(H,19,26)(H,21,22)(H,23,24). The summed E-state index contributed by atoms with van der Waals surface area (Å²) in [6.45, 7) is 0.607. The van der Waals surface area contributed by atoms with Crippen LogP contribution in [0, 0.1) is 0 Å². The van der Waals surface area contributed by atoms with Crippen LogP contribution in [0.1, 0.15) is 26.2 Å². The van der Waals surface area contributed by atoms with Gasteiger partial charge < -0.3 is 37.6 Å². The highest BCUT2D eigenvalue weighted by atomic mass is 16.4. The topological polar surface area (TPSA) is 231 Å². The minimum Gasteiger partial charge on any atom is -0.481 e. The van der Waals surface area contributed by atoms with E-state index in [-0.39, 0.29) is 12.8 Å². The molecule has 0 aromatic carbocycles. The molecule has 0 radical (unpaired) electrons. The fourth-order valence-electron chi connectivity index (χ4n) is 1.79. The molecule has 13 heteroatoms. The highest BCUT2D eigenvalue weighted by molar-refractivity contribution is 5.95. The van der Waals surface area contributed by atoms with E-state index in [9.17, 15) is 28.8 Å². The molecule has 152 valence electrons. The van der Waals surface area contributed by atoms with Crippen molar-refractivity contribution in [2.45, 2.75) is 44.3 Å². The summed E-state index contributed by atoms with van der Waals surface area (Å²) >= 11 is 0. The second kappa shape index (κ2) is 11.4. The average Bonchev–Trinajstić information content (AvgIpc) is 2.55. The molecule has 3 atom stereocenters. The molecule has 13 nitrogen and oxygen atoms in total. The Kier molecular flexibility index (Phi) is 10.0. The van der Waals surface area contributed by atoms with E-state index in [1.807, 2.05) is 5.32 Å². The van der Waals surface area contributed by atoms with E-state index in [1.54, 1.807) is 0 Å². The third-order valence-electron chi connectivity index (χ3n) is 3.21. The molecule has 0 bridgehead atoms. The Hall–Kier alpha value is -3.22. The van der Waals surface area contributed by atoms with Crippen molar-refractivity contribution in [1.29, 1.82) is 0 Å². The van der Waals surface area contributed by atoms with Gasteiger partial charge in [0.25, 0.3) is 0 Å². The van der Waals surface area contributed by atoms with Gasteiger partial charge in [-0.2, -0.15) is 0 Å². The summed E-state index contributed by atoms with van der Waals surface area (Å²) < 4.78 is 0. The van der Waals surface area contributed by atoms with Crippen molar-refractivity contribution in [3.8, 4) is 0 Å². The van der Waals surface area contributed by atoms with Gasteiger partial charge in [0.05, 0.1) is 12.5 Å². The van der Waals surface area contributed by atoms with Gasteiger partial charge >= 0.3 is 11.9 Å². The fourth-order valence-corrected chi connectivity index (χ4v) is 1.79. The minimum atomic E-state index is -1.44. The number of rotatable bonds is 12. The van der Waals surface area contributed by atoms with Gasteiger partial charge in [-0.15, -0.1) is 0 Å². The van der Waals surface area contributed by atoms with Crippen molar-refractivity contribution in [1.82, 2.24) is 16.0 Å². The van der Waals surface area contributed by atoms with Crippen molar-refractivity contribution < 1.29 is 39.0 Å². The van der Waals surface area contributed by atoms with Gasteiger partial charge in [-0.05, 0) is 13.3 Å². The number of carboxylic acid groups (broad SMARTS) is 2. The van der Waals surface area contributed by atoms with Crippen LogP contribution in [0.2, 0.25) is 0 Å². The Labute approximate surface area is 153 Å². The van der Waals surface area contributed by atoms with E-state index in [1.165, 1.54) is 6.92 Å². The van der Waals surface area contributed by atoms with Crippen molar-refractivity contribution in [3.05, 3.63) is 0 Å². The Morgan fingerprint density at radius 3 is 2.00 bits per heavy atom. The maximum atomic E-state index is 12.2. The summed E-state index contributed by atoms with van der Waals surface area (Å²) in [7, 11) is 0. The van der Waals surface area contributed by atoms with Crippen LogP contribution in [0.5, 0.6) is 0 Å². The quantitative estimate of drug-likeness (QED) is 0.173. The highest BCUT2D eigenvalue weighted by Gasteiger charge is 2.27. The first kappa shape index (κ1) is 23.8. The van der Waals surface area contributed by atoms with E-state index >= 15 is 0 Å². The number of carbonyl (C=O) groups is 6. The maximum Gasteiger partial charge on any atom is 0.322 e. The van der Waals surface area contributed by atoms with Gasteiger partial charge in [-0.1, -0.05) is 0 Å². The Bertz CT molecular complexity index is 608. The van der Waals surface area contributed by atoms with Crippen LogP contribution in [0.15, 0.2) is 0 Å². The lowest BCUT2D eigenvalue weighted by Crippen LogP contribution is -2.56. The Morgan fingerprint density at radius 2 is 1.52 bits per heavy atom. The molecule has 0 spiro atoms. The molecule has 3 unspecified atom stereocenters. The van der Waals surface area contributed by atoms with E-state index in [0.717, 1.165) is 0 Å². The largest absolute Gasteiger partial charge is 0.481 e. The zero-order valence-electron chi connectivity index (χ0n) is 14.6. The van der Waals surface area contributed by atoms with Gasteiger partial charge in [0.2, 0.25) is 23.6 Å². The van der Waals surface area contributed by atoms with Crippen molar-refractivity contribution in [3.63, 3.8) is 0 Å². The number of carbonyl (C=O) groups excluding carboxylic acids is 4. The first-order valence-corrected chi connectivity index (χ1v) is 7.80. The van der Waals surface area contributed by atoms with Crippen LogP contribution in [0.3, 0.4) is 0 Å². The summed E-state index contributed by atoms with van der Waals surface area (Å²) in [5, 5.41) is 23.5. The lowest BCUT2D eigenvalue weighted by molar-refractivity contribution is -0.139. The molecule has 0 saturated heterocycles. The molecule has 0 fully saturated rings. The van der Waals surface area contributed by atoms with E-state index in [0.29, 0.717) is 0 Å². The molecule has 0 aromatic heterocycles. The minimum absolute atomic E-state index is 0.194. The van der Waals surface area contributed by atoms with Crippen molar-refractivity contribution in [2.24, 2.45) is 11.5 Å². The second-order valence-electron chi connectivity index (χ2n) is 5.61. The first-order chi connectivity index (χ1) is 12.4. The van der Waals surface area contributed by atoms with Crippen molar-refractivity contribution in [2.75, 3.05) is 6.54 Å². The van der Waals surface area contributed by atoms with Crippen LogP contribution in [0.25, 0.3) is 0 Å². The fraction of sp³-hybridized carbons (Fsp3) is 0.571. The zero-order valence-corrected chi connectivity index (χ0v) is 14.6. The zero-order chi connectivity index (χ0) is 21.1. The number of aliphatic carboxylic acids is 2. The molecule has 27 heavy (non-hydrogen) atoms. The van der Waals surface area contributed by atoms with Gasteiger partial charge in [0.15, 0.2) is 0 Å². The number of hydrogen-bond donors (Lipinski definition) is 7. The van der Waals surface area contributed by atoms with Gasteiger partial charge in [0.1, 0.15) is 18.6 Å². The maximum absolute atomic E-state index is 12.2. The molecule has 0 heterocycles. The van der Waals surface area contributed by atoms with Gasteiger partial charge in [-0.3, -0.25) is 28.8 Å². The molecule has 0 aliphatic rings. The first-order valence-electron chi connectivity index (χ1n) is 7.80. The summed E-state index contributed by atoms with van der Waals surface area (Å²) in [6, 6.07) is -3.84. The highest BCUT2D eigenvalue weighted by Crippen LogP contribution is 1.99. The van der Waals surface area contributed by atoms with E-state index < -0.39 is 66.7 Å². The predicted octanol–water partition coefficient (Wildman–Crippen LogP) is -3.76. The number of hydrogen-bond acceptors (Lipinski definition) is 7. The molecule has 0 aromatic rings. The van der Waals surface area contributed by atoms with Crippen molar-refractivity contribution >= 4 is 35.6 Å². The van der Waals surface area contributed by atoms with E-state index in [4.69, 9.17) is 21.7 Å².